The highest BCUT2D eigenvalue weighted by atomic mass is 32.2. The van der Waals surface area contributed by atoms with Gasteiger partial charge in [0.2, 0.25) is 10.0 Å². The van der Waals surface area contributed by atoms with Gasteiger partial charge in [0.1, 0.15) is 0 Å². The molecule has 1 aromatic heterocycles. The topological polar surface area (TPSA) is 59.1 Å². The van der Waals surface area contributed by atoms with Crippen molar-refractivity contribution in [3.05, 3.63) is 23.5 Å². The lowest BCUT2D eigenvalue weighted by Gasteiger charge is -2.09. The van der Waals surface area contributed by atoms with Gasteiger partial charge in [-0.25, -0.2) is 13.1 Å². The fraction of sp³-hybridized carbons (Fsp3) is 0.500. The molecular weight excluding hydrogens is 212 g/mol. The Labute approximate surface area is 90.8 Å². The fourth-order valence-corrected chi connectivity index (χ4v) is 2.07. The van der Waals surface area contributed by atoms with Crippen molar-refractivity contribution in [3.63, 3.8) is 0 Å². The summed E-state index contributed by atoms with van der Waals surface area (Å²) in [7, 11) is -1.96. The van der Waals surface area contributed by atoms with Gasteiger partial charge in [-0.15, -0.1) is 0 Å². The first-order chi connectivity index (χ1) is 6.86. The third-order valence-corrected chi connectivity index (χ3v) is 3.51. The van der Waals surface area contributed by atoms with Crippen molar-refractivity contribution in [1.82, 2.24) is 9.71 Å². The molecule has 5 heteroatoms. The monoisotopic (exact) mass is 228 g/mol. The zero-order valence-electron chi connectivity index (χ0n) is 9.40. The summed E-state index contributed by atoms with van der Waals surface area (Å²) in [6, 6.07) is 3.18. The third kappa shape index (κ3) is 2.76. The minimum absolute atomic E-state index is 0.218. The summed E-state index contributed by atoms with van der Waals surface area (Å²) in [5, 5.41) is 0. The highest BCUT2D eigenvalue weighted by Gasteiger charge is 2.14. The summed E-state index contributed by atoms with van der Waals surface area (Å²) in [6.45, 7) is 5.76. The molecule has 0 fully saturated rings. The number of rotatable bonds is 3. The van der Waals surface area contributed by atoms with E-state index in [9.17, 15) is 8.42 Å². The number of pyridine rings is 1. The summed E-state index contributed by atoms with van der Waals surface area (Å²) in [5.74, 6) is 0.218. The summed E-state index contributed by atoms with van der Waals surface area (Å²) >= 11 is 0. The first kappa shape index (κ1) is 12.1. The number of aryl methyl sites for hydroxylation is 1. The second-order valence-electron chi connectivity index (χ2n) is 3.73. The van der Waals surface area contributed by atoms with Crippen molar-refractivity contribution in [3.8, 4) is 0 Å². The highest BCUT2D eigenvalue weighted by Crippen LogP contribution is 2.17. The minimum Gasteiger partial charge on any atom is -0.258 e. The summed E-state index contributed by atoms with van der Waals surface area (Å²) in [6.07, 6.45) is 0. The maximum absolute atomic E-state index is 11.6. The van der Waals surface area contributed by atoms with E-state index in [-0.39, 0.29) is 10.8 Å². The number of nitrogens with one attached hydrogen (secondary N) is 1. The fourth-order valence-electron chi connectivity index (χ4n) is 1.23. The van der Waals surface area contributed by atoms with Gasteiger partial charge in [-0.05, 0) is 32.0 Å². The zero-order valence-corrected chi connectivity index (χ0v) is 10.2. The molecule has 0 aromatic carbocycles. The largest absolute Gasteiger partial charge is 0.258 e. The molecule has 0 aliphatic rings. The Kier molecular flexibility index (Phi) is 3.46. The number of nitrogens with zero attached hydrogens (tertiary/aromatic N) is 1. The van der Waals surface area contributed by atoms with Crippen LogP contribution in [0.2, 0.25) is 0 Å². The van der Waals surface area contributed by atoms with Crippen molar-refractivity contribution >= 4 is 10.0 Å². The molecular formula is C10H16N2O2S. The van der Waals surface area contributed by atoms with Crippen molar-refractivity contribution in [2.75, 3.05) is 7.05 Å². The zero-order chi connectivity index (χ0) is 11.6. The van der Waals surface area contributed by atoms with Crippen LogP contribution in [-0.4, -0.2) is 20.4 Å². The molecule has 84 valence electrons. The molecule has 0 saturated carbocycles. The Hall–Kier alpha value is -0.940. The molecule has 1 N–H and O–H groups in total. The first-order valence-corrected chi connectivity index (χ1v) is 6.27. The predicted molar refractivity (Wildman–Crippen MR) is 59.3 cm³/mol. The second kappa shape index (κ2) is 4.28. The average molecular weight is 228 g/mol. The molecule has 0 bridgehead atoms. The van der Waals surface area contributed by atoms with Crippen LogP contribution in [0.25, 0.3) is 0 Å². The molecule has 15 heavy (non-hydrogen) atoms. The van der Waals surface area contributed by atoms with Crippen LogP contribution in [0.15, 0.2) is 17.0 Å². The molecule has 0 spiro atoms. The van der Waals surface area contributed by atoms with Gasteiger partial charge in [-0.2, -0.15) is 0 Å². The van der Waals surface area contributed by atoms with Crippen LogP contribution in [0, 0.1) is 6.92 Å². The molecule has 0 aliphatic heterocycles. The van der Waals surface area contributed by atoms with Gasteiger partial charge in [0, 0.05) is 11.4 Å². The van der Waals surface area contributed by atoms with Crippen LogP contribution in [0.5, 0.6) is 0 Å². The van der Waals surface area contributed by atoms with E-state index in [0.717, 1.165) is 11.4 Å². The molecule has 4 nitrogen and oxygen atoms in total. The SMILES string of the molecule is CNS(=O)(=O)c1cc(C)nc(C(C)C)c1. The molecule has 0 saturated heterocycles. The van der Waals surface area contributed by atoms with Crippen LogP contribution in [0.4, 0.5) is 0 Å². The number of hydrogen-bond acceptors (Lipinski definition) is 3. The Morgan fingerprint density at radius 2 is 1.93 bits per heavy atom. The number of sulfonamides is 1. The summed E-state index contributed by atoms with van der Waals surface area (Å²) in [4.78, 5) is 4.57. The molecule has 0 atom stereocenters. The lowest BCUT2D eigenvalue weighted by atomic mass is 10.1. The van der Waals surface area contributed by atoms with Gasteiger partial charge in [-0.1, -0.05) is 13.8 Å². The van der Waals surface area contributed by atoms with Gasteiger partial charge in [0.25, 0.3) is 0 Å². The average Bonchev–Trinajstić information content (AvgIpc) is 2.16. The molecule has 0 aliphatic carbocycles. The third-order valence-electron chi connectivity index (χ3n) is 2.12. The Morgan fingerprint density at radius 3 is 2.40 bits per heavy atom. The smallest absolute Gasteiger partial charge is 0.240 e. The van der Waals surface area contributed by atoms with E-state index in [0.29, 0.717) is 0 Å². The van der Waals surface area contributed by atoms with Crippen molar-refractivity contribution < 1.29 is 8.42 Å². The first-order valence-electron chi connectivity index (χ1n) is 4.79. The normalized spacial score (nSPS) is 12.1. The molecule has 0 amide bonds. The summed E-state index contributed by atoms with van der Waals surface area (Å²) in [5.41, 5.74) is 1.51. The van der Waals surface area contributed by atoms with E-state index in [1.165, 1.54) is 7.05 Å². The maximum Gasteiger partial charge on any atom is 0.240 e. The second-order valence-corrected chi connectivity index (χ2v) is 5.62. The number of aromatic nitrogens is 1. The van der Waals surface area contributed by atoms with Gasteiger partial charge in [0.05, 0.1) is 4.90 Å². The van der Waals surface area contributed by atoms with E-state index in [1.54, 1.807) is 19.1 Å². The van der Waals surface area contributed by atoms with Gasteiger partial charge in [0.15, 0.2) is 0 Å². The van der Waals surface area contributed by atoms with Crippen LogP contribution in [-0.2, 0) is 10.0 Å². The molecule has 1 heterocycles. The molecule has 0 radical (unpaired) electrons. The van der Waals surface area contributed by atoms with E-state index in [2.05, 4.69) is 9.71 Å². The van der Waals surface area contributed by atoms with Crippen LogP contribution < -0.4 is 4.72 Å². The van der Waals surface area contributed by atoms with Gasteiger partial charge >= 0.3 is 0 Å². The standard InChI is InChI=1S/C10H16N2O2S/c1-7(2)10-6-9(5-8(3)12-10)15(13,14)11-4/h5-7,11H,1-4H3. The minimum atomic E-state index is -3.37. The van der Waals surface area contributed by atoms with Crippen molar-refractivity contribution in [2.24, 2.45) is 0 Å². The highest BCUT2D eigenvalue weighted by molar-refractivity contribution is 7.89. The van der Waals surface area contributed by atoms with E-state index >= 15 is 0 Å². The Morgan fingerprint density at radius 1 is 1.33 bits per heavy atom. The predicted octanol–water partition coefficient (Wildman–Crippen LogP) is 1.42. The molecule has 1 aromatic rings. The van der Waals surface area contributed by atoms with Crippen molar-refractivity contribution in [2.45, 2.75) is 31.6 Å². The van der Waals surface area contributed by atoms with E-state index in [4.69, 9.17) is 0 Å². The molecule has 0 unspecified atom stereocenters. The van der Waals surface area contributed by atoms with Gasteiger partial charge < -0.3 is 0 Å². The quantitative estimate of drug-likeness (QED) is 0.851. The lowest BCUT2D eigenvalue weighted by molar-refractivity contribution is 0.587. The Balaban J connectivity index is 3.33. The van der Waals surface area contributed by atoms with Gasteiger partial charge in [-0.3, -0.25) is 4.98 Å². The van der Waals surface area contributed by atoms with Crippen LogP contribution in [0.1, 0.15) is 31.2 Å². The van der Waals surface area contributed by atoms with Crippen LogP contribution in [0.3, 0.4) is 0 Å². The number of hydrogen-bond donors (Lipinski definition) is 1. The molecule has 1 rings (SSSR count). The maximum atomic E-state index is 11.6. The lowest BCUT2D eigenvalue weighted by Crippen LogP contribution is -2.19. The van der Waals surface area contributed by atoms with Crippen LogP contribution >= 0.6 is 0 Å². The Bertz CT molecular complexity index is 452. The van der Waals surface area contributed by atoms with E-state index in [1.807, 2.05) is 13.8 Å². The summed E-state index contributed by atoms with van der Waals surface area (Å²) < 4.78 is 25.5. The van der Waals surface area contributed by atoms with E-state index < -0.39 is 10.0 Å². The van der Waals surface area contributed by atoms with Crippen molar-refractivity contribution in [1.29, 1.82) is 0 Å².